The number of nitrogens with one attached hydrogen (secondary N) is 1. The molecule has 2 aliphatic rings. The minimum absolute atomic E-state index is 0.336. The Morgan fingerprint density at radius 2 is 2.00 bits per heavy atom. The van der Waals surface area contributed by atoms with Crippen molar-refractivity contribution in [2.45, 2.75) is 44.2 Å². The maximum Gasteiger partial charge on any atom is 0.157 e. The molecule has 3 rings (SSSR count). The molecule has 1 aliphatic carbocycles. The molecule has 1 saturated heterocycles. The molecule has 1 spiro atoms. The Balaban J connectivity index is 1.64. The highest BCUT2D eigenvalue weighted by molar-refractivity contribution is 8.14. The number of aliphatic imine (C=N–C) groups is 1. The summed E-state index contributed by atoms with van der Waals surface area (Å²) >= 11 is 8.02. The first kappa shape index (κ1) is 13.3. The normalized spacial score (nSPS) is 23.7. The number of thioether (sulfide) groups is 1. The van der Waals surface area contributed by atoms with E-state index in [0.717, 1.165) is 15.8 Å². The first-order valence-corrected chi connectivity index (χ1v) is 8.33. The third-order valence-electron chi connectivity index (χ3n) is 4.02. The monoisotopic (exact) mass is 294 g/mol. The van der Waals surface area contributed by atoms with E-state index in [2.05, 4.69) is 10.3 Å². The fourth-order valence-electron chi connectivity index (χ4n) is 2.87. The number of halogens is 1. The van der Waals surface area contributed by atoms with Gasteiger partial charge in [-0.2, -0.15) is 0 Å². The van der Waals surface area contributed by atoms with Crippen molar-refractivity contribution in [2.75, 3.05) is 5.75 Å². The maximum absolute atomic E-state index is 6.16. The number of hydrogen-bond donors (Lipinski definition) is 1. The minimum atomic E-state index is 0.336. The molecule has 1 saturated carbocycles. The quantitative estimate of drug-likeness (QED) is 0.882. The second kappa shape index (κ2) is 5.76. The number of rotatable bonds is 2. The van der Waals surface area contributed by atoms with Crippen LogP contribution >= 0.6 is 23.4 Å². The van der Waals surface area contributed by atoms with Gasteiger partial charge in [0.15, 0.2) is 5.17 Å². The molecule has 4 heteroatoms. The lowest BCUT2D eigenvalue weighted by Crippen LogP contribution is -2.45. The summed E-state index contributed by atoms with van der Waals surface area (Å²) in [7, 11) is 0. The lowest BCUT2D eigenvalue weighted by molar-refractivity contribution is 0.303. The van der Waals surface area contributed by atoms with E-state index in [4.69, 9.17) is 11.6 Å². The Labute approximate surface area is 124 Å². The summed E-state index contributed by atoms with van der Waals surface area (Å²) in [5.41, 5.74) is 1.44. The predicted octanol–water partition coefficient (Wildman–Crippen LogP) is 4.24. The van der Waals surface area contributed by atoms with E-state index < -0.39 is 0 Å². The second-order valence-electron chi connectivity index (χ2n) is 5.47. The third kappa shape index (κ3) is 3.09. The maximum atomic E-state index is 6.16. The van der Waals surface area contributed by atoms with Crippen molar-refractivity contribution in [3.8, 4) is 0 Å². The molecular formula is C15H19ClN2S. The molecule has 102 valence electrons. The average molecular weight is 295 g/mol. The Morgan fingerprint density at radius 1 is 1.21 bits per heavy atom. The summed E-state index contributed by atoms with van der Waals surface area (Å²) in [6.45, 7) is 0.672. The molecule has 0 atom stereocenters. The van der Waals surface area contributed by atoms with Crippen molar-refractivity contribution in [1.82, 2.24) is 5.32 Å². The molecule has 0 amide bonds. The molecule has 19 heavy (non-hydrogen) atoms. The van der Waals surface area contributed by atoms with Gasteiger partial charge in [-0.1, -0.05) is 60.8 Å². The van der Waals surface area contributed by atoms with Gasteiger partial charge in [-0.3, -0.25) is 4.99 Å². The van der Waals surface area contributed by atoms with E-state index in [1.165, 1.54) is 37.9 Å². The van der Waals surface area contributed by atoms with Crippen LogP contribution in [0.3, 0.4) is 0 Å². The van der Waals surface area contributed by atoms with Crippen LogP contribution in [-0.4, -0.2) is 16.5 Å². The van der Waals surface area contributed by atoms with Crippen LogP contribution in [0, 0.1) is 0 Å². The number of benzene rings is 1. The van der Waals surface area contributed by atoms with E-state index in [9.17, 15) is 0 Å². The summed E-state index contributed by atoms with van der Waals surface area (Å²) in [6, 6.07) is 7.94. The molecule has 1 heterocycles. The topological polar surface area (TPSA) is 24.4 Å². The Kier molecular flexibility index (Phi) is 4.04. The Morgan fingerprint density at radius 3 is 2.79 bits per heavy atom. The smallest absolute Gasteiger partial charge is 0.157 e. The summed E-state index contributed by atoms with van der Waals surface area (Å²) in [4.78, 5) is 4.69. The van der Waals surface area contributed by atoms with E-state index in [-0.39, 0.29) is 0 Å². The van der Waals surface area contributed by atoms with Gasteiger partial charge in [-0.15, -0.1) is 0 Å². The summed E-state index contributed by atoms with van der Waals surface area (Å²) < 4.78 is 0. The molecule has 1 aliphatic heterocycles. The van der Waals surface area contributed by atoms with Crippen molar-refractivity contribution in [3.05, 3.63) is 34.9 Å². The predicted molar refractivity (Wildman–Crippen MR) is 84.0 cm³/mol. The minimum Gasteiger partial charge on any atom is -0.359 e. The number of nitrogens with zero attached hydrogens (tertiary/aromatic N) is 1. The molecular weight excluding hydrogens is 276 g/mol. The Hall–Kier alpha value is -0.670. The Bertz CT molecular complexity index is 481. The standard InChI is InChI=1S/C15H19ClN2S/c16-13-7-3-2-6-12(13)10-17-14-18-15(11-19-14)8-4-1-5-9-15/h2-3,6-7H,1,4-5,8-11H2,(H,17,18). The van der Waals surface area contributed by atoms with Crippen LogP contribution in [0.2, 0.25) is 5.02 Å². The zero-order chi connectivity index (χ0) is 13.1. The number of amidine groups is 1. The summed E-state index contributed by atoms with van der Waals surface area (Å²) in [6.07, 6.45) is 6.69. The molecule has 0 radical (unpaired) electrons. The van der Waals surface area contributed by atoms with Gasteiger partial charge in [0, 0.05) is 16.3 Å². The zero-order valence-electron chi connectivity index (χ0n) is 11.0. The highest BCUT2D eigenvalue weighted by atomic mass is 35.5. The van der Waals surface area contributed by atoms with Crippen LogP contribution in [-0.2, 0) is 6.54 Å². The van der Waals surface area contributed by atoms with Crippen LogP contribution in [0.4, 0.5) is 0 Å². The van der Waals surface area contributed by atoms with Crippen molar-refractivity contribution in [2.24, 2.45) is 4.99 Å². The zero-order valence-corrected chi connectivity index (χ0v) is 12.6. The van der Waals surface area contributed by atoms with Crippen molar-refractivity contribution < 1.29 is 0 Å². The van der Waals surface area contributed by atoms with E-state index in [1.54, 1.807) is 0 Å². The van der Waals surface area contributed by atoms with Gasteiger partial charge in [0.25, 0.3) is 0 Å². The molecule has 1 N–H and O–H groups in total. The van der Waals surface area contributed by atoms with Crippen LogP contribution in [0.25, 0.3) is 0 Å². The second-order valence-corrected chi connectivity index (χ2v) is 6.84. The van der Waals surface area contributed by atoms with Crippen molar-refractivity contribution in [1.29, 1.82) is 0 Å². The molecule has 2 nitrogen and oxygen atoms in total. The SMILES string of the molecule is Clc1ccccc1CN=C1NC2(CCCCC2)CS1. The van der Waals surface area contributed by atoms with E-state index in [0.29, 0.717) is 12.1 Å². The largest absolute Gasteiger partial charge is 0.359 e. The van der Waals surface area contributed by atoms with Crippen molar-refractivity contribution >= 4 is 28.5 Å². The van der Waals surface area contributed by atoms with Crippen molar-refractivity contribution in [3.63, 3.8) is 0 Å². The molecule has 0 unspecified atom stereocenters. The molecule has 0 aromatic heterocycles. The fraction of sp³-hybridized carbons (Fsp3) is 0.533. The van der Waals surface area contributed by atoms with Gasteiger partial charge < -0.3 is 5.32 Å². The molecule has 1 aromatic rings. The lowest BCUT2D eigenvalue weighted by Gasteiger charge is -2.32. The highest BCUT2D eigenvalue weighted by Gasteiger charge is 2.37. The number of hydrogen-bond acceptors (Lipinski definition) is 2. The third-order valence-corrected chi connectivity index (χ3v) is 5.59. The molecule has 1 aromatic carbocycles. The van der Waals surface area contributed by atoms with Gasteiger partial charge in [0.05, 0.1) is 6.54 Å². The van der Waals surface area contributed by atoms with Crippen LogP contribution in [0.15, 0.2) is 29.3 Å². The van der Waals surface area contributed by atoms with Gasteiger partial charge in [-0.25, -0.2) is 0 Å². The van der Waals surface area contributed by atoms with Crippen LogP contribution in [0.1, 0.15) is 37.7 Å². The summed E-state index contributed by atoms with van der Waals surface area (Å²) in [5, 5.41) is 5.57. The van der Waals surface area contributed by atoms with Crippen LogP contribution < -0.4 is 5.32 Å². The van der Waals surface area contributed by atoms with Gasteiger partial charge in [0.2, 0.25) is 0 Å². The van der Waals surface area contributed by atoms with E-state index >= 15 is 0 Å². The summed E-state index contributed by atoms with van der Waals surface area (Å²) in [5.74, 6) is 1.17. The van der Waals surface area contributed by atoms with Gasteiger partial charge >= 0.3 is 0 Å². The molecule has 2 fully saturated rings. The first-order chi connectivity index (χ1) is 9.27. The average Bonchev–Trinajstić information content (AvgIpc) is 2.82. The van der Waals surface area contributed by atoms with E-state index in [1.807, 2.05) is 36.0 Å². The molecule has 0 bridgehead atoms. The van der Waals surface area contributed by atoms with Gasteiger partial charge in [0.1, 0.15) is 0 Å². The fourth-order valence-corrected chi connectivity index (χ4v) is 4.29. The van der Waals surface area contributed by atoms with Crippen LogP contribution in [0.5, 0.6) is 0 Å². The lowest BCUT2D eigenvalue weighted by atomic mass is 9.83. The first-order valence-electron chi connectivity index (χ1n) is 6.96. The highest BCUT2D eigenvalue weighted by Crippen LogP contribution is 2.36. The van der Waals surface area contributed by atoms with Gasteiger partial charge in [-0.05, 0) is 24.5 Å².